The summed E-state index contributed by atoms with van der Waals surface area (Å²) in [6.07, 6.45) is 0.424. The molecular formula is C16H14FIN4O2. The average molecular weight is 440 g/mol. The molecule has 1 aromatic carbocycles. The van der Waals surface area contributed by atoms with Gasteiger partial charge in [0.2, 0.25) is 5.91 Å². The zero-order valence-corrected chi connectivity index (χ0v) is 14.7. The van der Waals surface area contributed by atoms with E-state index in [1.807, 2.05) is 24.3 Å². The monoisotopic (exact) mass is 440 g/mol. The van der Waals surface area contributed by atoms with E-state index >= 15 is 0 Å². The SMILES string of the molecule is N#C[C@@H]1CC(F)CN1C(=O)CNC(=O)c1c[nH]c2ccc(I)cc12. The molecule has 2 atom stereocenters. The lowest BCUT2D eigenvalue weighted by Gasteiger charge is -2.19. The van der Waals surface area contributed by atoms with Crippen LogP contribution in [0.1, 0.15) is 16.8 Å². The number of halogens is 2. The molecule has 24 heavy (non-hydrogen) atoms. The van der Waals surface area contributed by atoms with Crippen molar-refractivity contribution in [2.24, 2.45) is 0 Å². The summed E-state index contributed by atoms with van der Waals surface area (Å²) in [6.45, 7) is -0.363. The van der Waals surface area contributed by atoms with Crippen molar-refractivity contribution in [2.75, 3.05) is 13.1 Å². The number of aromatic nitrogens is 1. The molecule has 8 heteroatoms. The fraction of sp³-hybridized carbons (Fsp3) is 0.312. The zero-order valence-electron chi connectivity index (χ0n) is 12.6. The summed E-state index contributed by atoms with van der Waals surface area (Å²) in [7, 11) is 0. The van der Waals surface area contributed by atoms with Crippen LogP contribution < -0.4 is 5.32 Å². The number of benzene rings is 1. The molecule has 1 saturated heterocycles. The molecule has 2 N–H and O–H groups in total. The highest BCUT2D eigenvalue weighted by Gasteiger charge is 2.35. The lowest BCUT2D eigenvalue weighted by atomic mass is 10.1. The largest absolute Gasteiger partial charge is 0.360 e. The van der Waals surface area contributed by atoms with Crippen molar-refractivity contribution in [1.82, 2.24) is 15.2 Å². The van der Waals surface area contributed by atoms with Gasteiger partial charge >= 0.3 is 0 Å². The minimum atomic E-state index is -1.19. The second-order valence-corrected chi connectivity index (χ2v) is 6.84. The Hall–Kier alpha value is -2.15. The lowest BCUT2D eigenvalue weighted by molar-refractivity contribution is -0.130. The third-order valence-corrected chi connectivity index (χ3v) is 4.68. The van der Waals surface area contributed by atoms with Crippen LogP contribution in [-0.2, 0) is 4.79 Å². The predicted octanol–water partition coefficient (Wildman–Crippen LogP) is 1.96. The van der Waals surface area contributed by atoms with E-state index in [1.165, 1.54) is 4.90 Å². The van der Waals surface area contributed by atoms with E-state index in [4.69, 9.17) is 5.26 Å². The molecule has 1 aliphatic rings. The molecule has 0 spiro atoms. The van der Waals surface area contributed by atoms with Gasteiger partial charge in [0, 0.05) is 27.1 Å². The number of aromatic amines is 1. The maximum atomic E-state index is 13.4. The van der Waals surface area contributed by atoms with Crippen molar-refractivity contribution >= 4 is 45.3 Å². The Kier molecular flexibility index (Phi) is 4.71. The van der Waals surface area contributed by atoms with Gasteiger partial charge in [-0.2, -0.15) is 5.26 Å². The zero-order chi connectivity index (χ0) is 17.3. The number of nitrogens with one attached hydrogen (secondary N) is 2. The molecule has 2 aromatic rings. The number of nitrogens with zero attached hydrogens (tertiary/aromatic N) is 2. The van der Waals surface area contributed by atoms with Gasteiger partial charge in [-0.25, -0.2) is 4.39 Å². The van der Waals surface area contributed by atoms with Crippen LogP contribution in [0.15, 0.2) is 24.4 Å². The van der Waals surface area contributed by atoms with E-state index in [0.717, 1.165) is 14.5 Å². The Bertz CT molecular complexity index is 844. The van der Waals surface area contributed by atoms with Crippen LogP contribution in [0.5, 0.6) is 0 Å². The number of carbonyl (C=O) groups excluding carboxylic acids is 2. The molecule has 124 valence electrons. The third kappa shape index (κ3) is 3.21. The fourth-order valence-electron chi connectivity index (χ4n) is 2.82. The van der Waals surface area contributed by atoms with Gasteiger partial charge in [-0.1, -0.05) is 0 Å². The molecule has 1 fully saturated rings. The number of nitriles is 1. The van der Waals surface area contributed by atoms with E-state index in [9.17, 15) is 14.0 Å². The number of hydrogen-bond acceptors (Lipinski definition) is 3. The fourth-order valence-corrected chi connectivity index (χ4v) is 3.31. The van der Waals surface area contributed by atoms with Crippen LogP contribution in [0.25, 0.3) is 10.9 Å². The molecule has 0 radical (unpaired) electrons. The Morgan fingerprint density at radius 1 is 1.50 bits per heavy atom. The molecule has 3 rings (SSSR count). The highest BCUT2D eigenvalue weighted by atomic mass is 127. The molecule has 1 unspecified atom stereocenters. The van der Waals surface area contributed by atoms with Crippen LogP contribution >= 0.6 is 22.6 Å². The number of hydrogen-bond donors (Lipinski definition) is 2. The highest BCUT2D eigenvalue weighted by Crippen LogP contribution is 2.21. The summed E-state index contributed by atoms with van der Waals surface area (Å²) in [6, 6.07) is 6.83. The number of fused-ring (bicyclic) bond motifs is 1. The number of carbonyl (C=O) groups is 2. The maximum Gasteiger partial charge on any atom is 0.253 e. The van der Waals surface area contributed by atoms with Crippen LogP contribution in [0, 0.1) is 14.9 Å². The van der Waals surface area contributed by atoms with Gasteiger partial charge in [0.1, 0.15) is 12.2 Å². The first-order chi connectivity index (χ1) is 11.5. The first-order valence-electron chi connectivity index (χ1n) is 7.37. The number of likely N-dealkylation sites (tertiary alicyclic amines) is 1. The minimum absolute atomic E-state index is 0.0249. The van der Waals surface area contributed by atoms with E-state index in [0.29, 0.717) is 5.56 Å². The third-order valence-electron chi connectivity index (χ3n) is 4.01. The number of rotatable bonds is 3. The summed E-state index contributed by atoms with van der Waals surface area (Å²) in [4.78, 5) is 28.7. The minimum Gasteiger partial charge on any atom is -0.360 e. The highest BCUT2D eigenvalue weighted by molar-refractivity contribution is 14.1. The maximum absolute atomic E-state index is 13.4. The topological polar surface area (TPSA) is 89.0 Å². The van der Waals surface area contributed by atoms with Crippen molar-refractivity contribution in [3.8, 4) is 6.07 Å². The van der Waals surface area contributed by atoms with Crippen LogP contribution in [0.3, 0.4) is 0 Å². The molecule has 0 bridgehead atoms. The molecule has 6 nitrogen and oxygen atoms in total. The summed E-state index contributed by atoms with van der Waals surface area (Å²) < 4.78 is 14.4. The van der Waals surface area contributed by atoms with Crippen molar-refractivity contribution < 1.29 is 14.0 Å². The molecule has 1 aromatic heterocycles. The second kappa shape index (κ2) is 6.76. The summed E-state index contributed by atoms with van der Waals surface area (Å²) in [5.74, 6) is -0.842. The van der Waals surface area contributed by atoms with E-state index in [1.54, 1.807) is 6.20 Å². The molecule has 0 saturated carbocycles. The first-order valence-corrected chi connectivity index (χ1v) is 8.45. The second-order valence-electron chi connectivity index (χ2n) is 5.60. The quantitative estimate of drug-likeness (QED) is 0.716. The Morgan fingerprint density at radius 3 is 3.04 bits per heavy atom. The number of amides is 2. The molecule has 1 aliphatic heterocycles. The van der Waals surface area contributed by atoms with Crippen molar-refractivity contribution in [2.45, 2.75) is 18.6 Å². The van der Waals surface area contributed by atoms with Crippen LogP contribution in [0.4, 0.5) is 4.39 Å². The summed E-state index contributed by atoms with van der Waals surface area (Å²) in [5.41, 5.74) is 1.27. The smallest absolute Gasteiger partial charge is 0.253 e. The molecule has 2 amide bonds. The van der Waals surface area contributed by atoms with Crippen molar-refractivity contribution in [1.29, 1.82) is 5.26 Å². The summed E-state index contributed by atoms with van der Waals surface area (Å²) >= 11 is 2.16. The Morgan fingerprint density at radius 2 is 2.29 bits per heavy atom. The van der Waals surface area contributed by atoms with Gasteiger partial charge in [-0.05, 0) is 40.8 Å². The number of H-pyrrole nitrogens is 1. The predicted molar refractivity (Wildman–Crippen MR) is 94.0 cm³/mol. The van der Waals surface area contributed by atoms with Gasteiger partial charge in [-0.3, -0.25) is 9.59 Å². The van der Waals surface area contributed by atoms with Gasteiger partial charge in [0.15, 0.2) is 0 Å². The van der Waals surface area contributed by atoms with E-state index in [-0.39, 0.29) is 25.4 Å². The van der Waals surface area contributed by atoms with Crippen molar-refractivity contribution in [3.63, 3.8) is 0 Å². The van der Waals surface area contributed by atoms with Crippen molar-refractivity contribution in [3.05, 3.63) is 33.5 Å². The lowest BCUT2D eigenvalue weighted by Crippen LogP contribution is -2.42. The van der Waals surface area contributed by atoms with Crippen LogP contribution in [-0.4, -0.2) is 47.0 Å². The van der Waals surface area contributed by atoms with Gasteiger partial charge < -0.3 is 15.2 Å². The molecular weight excluding hydrogens is 426 g/mol. The average Bonchev–Trinajstić information content (AvgIpc) is 3.15. The Labute approximate surface area is 151 Å². The van der Waals surface area contributed by atoms with Gasteiger partial charge in [-0.15, -0.1) is 0 Å². The van der Waals surface area contributed by atoms with Crippen LogP contribution in [0.2, 0.25) is 0 Å². The molecule has 2 heterocycles. The van der Waals surface area contributed by atoms with Gasteiger partial charge in [0.05, 0.1) is 24.7 Å². The van der Waals surface area contributed by atoms with E-state index < -0.39 is 18.1 Å². The van der Waals surface area contributed by atoms with E-state index in [2.05, 4.69) is 32.9 Å². The Balaban J connectivity index is 1.68. The normalized spacial score (nSPS) is 20.1. The summed E-state index contributed by atoms with van der Waals surface area (Å²) in [5, 5.41) is 12.3. The van der Waals surface area contributed by atoms with Gasteiger partial charge in [0.25, 0.3) is 5.91 Å². The first kappa shape index (κ1) is 16.7. The number of alkyl halides is 1. The molecule has 0 aliphatic carbocycles. The standard InChI is InChI=1S/C16H14FIN4O2/c17-9-3-11(5-19)22(8-9)15(23)7-21-16(24)13-6-20-14-2-1-10(18)4-12(13)14/h1-2,4,6,9,11,20H,3,7-8H2,(H,21,24)/t9?,11-/m0/s1.